The fourth-order valence-electron chi connectivity index (χ4n) is 6.40. The van der Waals surface area contributed by atoms with Crippen molar-refractivity contribution in [1.82, 2.24) is 19.6 Å². The fraction of sp³-hybridized carbons (Fsp3) is 0.714. The predicted molar refractivity (Wildman–Crippen MR) is 141 cm³/mol. The number of nitrogens with zero attached hydrogens (tertiary/aromatic N) is 5. The molecule has 0 spiro atoms. The second-order valence-electron chi connectivity index (χ2n) is 11.1. The van der Waals surface area contributed by atoms with E-state index in [1.165, 1.54) is 12.8 Å². The standard InChI is InChI=1S/C28H43N5O3/c1-22-5-10-26(22)31-16-18-32(19-17-31)27(34)20-29-12-14-30(15-13-29)24-8-6-23(7-9-24)28(35)33-11-3-4-25(33)21-36-2/h6-9,22,25-26H,3-5,10-21H2,1-2H3/t22?,25-,26?/m0/s1. The van der Waals surface area contributed by atoms with Gasteiger partial charge in [0.05, 0.1) is 19.2 Å². The van der Waals surface area contributed by atoms with Crippen LogP contribution in [0.3, 0.4) is 0 Å². The minimum absolute atomic E-state index is 0.104. The van der Waals surface area contributed by atoms with Gasteiger partial charge in [0.2, 0.25) is 5.91 Å². The molecule has 3 heterocycles. The molecule has 2 unspecified atom stereocenters. The van der Waals surface area contributed by atoms with Crippen LogP contribution < -0.4 is 4.90 Å². The molecule has 8 nitrogen and oxygen atoms in total. The summed E-state index contributed by atoms with van der Waals surface area (Å²) >= 11 is 0. The van der Waals surface area contributed by atoms with Gasteiger partial charge in [0.25, 0.3) is 5.91 Å². The maximum Gasteiger partial charge on any atom is 0.254 e. The van der Waals surface area contributed by atoms with E-state index in [1.807, 2.05) is 17.0 Å². The number of hydrogen-bond acceptors (Lipinski definition) is 6. The van der Waals surface area contributed by atoms with Crippen LogP contribution in [0.4, 0.5) is 5.69 Å². The molecule has 4 aliphatic rings. The number of rotatable bonds is 7. The molecular weight excluding hydrogens is 454 g/mol. The number of anilines is 1. The molecule has 36 heavy (non-hydrogen) atoms. The molecule has 1 aliphatic carbocycles. The Hall–Kier alpha value is -2.16. The number of methoxy groups -OCH3 is 1. The monoisotopic (exact) mass is 497 g/mol. The van der Waals surface area contributed by atoms with E-state index in [4.69, 9.17) is 4.74 Å². The molecule has 3 atom stereocenters. The SMILES string of the molecule is COC[C@@H]1CCCN1C(=O)c1ccc(N2CCN(CC(=O)N3CCN(C4CCC4C)CC3)CC2)cc1. The number of carbonyl (C=O) groups excluding carboxylic acids is 2. The lowest BCUT2D eigenvalue weighted by atomic mass is 9.80. The summed E-state index contributed by atoms with van der Waals surface area (Å²) in [6.45, 7) is 11.7. The highest BCUT2D eigenvalue weighted by Crippen LogP contribution is 2.32. The van der Waals surface area contributed by atoms with Gasteiger partial charge >= 0.3 is 0 Å². The predicted octanol–water partition coefficient (Wildman–Crippen LogP) is 2.00. The lowest BCUT2D eigenvalue weighted by molar-refractivity contribution is -0.135. The Morgan fingerprint density at radius 3 is 2.22 bits per heavy atom. The van der Waals surface area contributed by atoms with Gasteiger partial charge in [0.15, 0.2) is 0 Å². The minimum atomic E-state index is 0.104. The quantitative estimate of drug-likeness (QED) is 0.575. The zero-order valence-corrected chi connectivity index (χ0v) is 22.1. The molecule has 0 radical (unpaired) electrons. The maximum absolute atomic E-state index is 13.0. The van der Waals surface area contributed by atoms with Crippen LogP contribution in [0.15, 0.2) is 24.3 Å². The lowest BCUT2D eigenvalue weighted by Gasteiger charge is -2.46. The second kappa shape index (κ2) is 11.5. The maximum atomic E-state index is 13.0. The first-order chi connectivity index (χ1) is 17.5. The molecule has 2 amide bonds. The van der Waals surface area contributed by atoms with Gasteiger partial charge in [-0.2, -0.15) is 0 Å². The van der Waals surface area contributed by atoms with Crippen molar-refractivity contribution in [3.05, 3.63) is 29.8 Å². The summed E-state index contributed by atoms with van der Waals surface area (Å²) in [7, 11) is 1.70. The zero-order chi connectivity index (χ0) is 25.1. The smallest absolute Gasteiger partial charge is 0.254 e. The summed E-state index contributed by atoms with van der Waals surface area (Å²) in [5.41, 5.74) is 1.89. The van der Waals surface area contributed by atoms with E-state index in [-0.39, 0.29) is 17.9 Å². The second-order valence-corrected chi connectivity index (χ2v) is 11.1. The van der Waals surface area contributed by atoms with E-state index in [0.717, 1.165) is 95.0 Å². The minimum Gasteiger partial charge on any atom is -0.383 e. The Morgan fingerprint density at radius 1 is 0.889 bits per heavy atom. The van der Waals surface area contributed by atoms with E-state index in [1.54, 1.807) is 7.11 Å². The molecule has 3 aliphatic heterocycles. The van der Waals surface area contributed by atoms with Gasteiger partial charge in [-0.15, -0.1) is 0 Å². The number of amides is 2. The first-order valence-corrected chi connectivity index (χ1v) is 13.9. The lowest BCUT2D eigenvalue weighted by Crippen LogP contribution is -2.57. The van der Waals surface area contributed by atoms with Crippen LogP contribution in [0, 0.1) is 5.92 Å². The average Bonchev–Trinajstić information content (AvgIpc) is 3.37. The summed E-state index contributed by atoms with van der Waals surface area (Å²) in [6.07, 6.45) is 4.73. The molecule has 3 saturated heterocycles. The van der Waals surface area contributed by atoms with Crippen LogP contribution in [-0.2, 0) is 9.53 Å². The van der Waals surface area contributed by atoms with Gasteiger partial charge in [-0.25, -0.2) is 0 Å². The largest absolute Gasteiger partial charge is 0.383 e. The molecule has 0 bridgehead atoms. The summed E-state index contributed by atoms with van der Waals surface area (Å²) < 4.78 is 5.30. The van der Waals surface area contributed by atoms with Crippen LogP contribution in [0.1, 0.15) is 43.0 Å². The third-order valence-electron chi connectivity index (χ3n) is 8.92. The van der Waals surface area contributed by atoms with Gasteiger partial charge in [0, 0.05) is 83.3 Å². The average molecular weight is 498 g/mol. The summed E-state index contributed by atoms with van der Waals surface area (Å²) in [5.74, 6) is 1.20. The number of piperazine rings is 2. The molecule has 198 valence electrons. The van der Waals surface area contributed by atoms with Crippen LogP contribution in [0.2, 0.25) is 0 Å². The van der Waals surface area contributed by atoms with Crippen molar-refractivity contribution in [3.63, 3.8) is 0 Å². The first kappa shape index (κ1) is 25.5. The Balaban J connectivity index is 1.06. The van der Waals surface area contributed by atoms with Crippen LogP contribution in [0.25, 0.3) is 0 Å². The van der Waals surface area contributed by atoms with E-state index < -0.39 is 0 Å². The van der Waals surface area contributed by atoms with Crippen molar-refractivity contribution in [2.45, 2.75) is 44.7 Å². The van der Waals surface area contributed by atoms with Crippen molar-refractivity contribution in [1.29, 1.82) is 0 Å². The zero-order valence-electron chi connectivity index (χ0n) is 22.1. The highest BCUT2D eigenvalue weighted by molar-refractivity contribution is 5.95. The van der Waals surface area contributed by atoms with Crippen molar-refractivity contribution in [2.24, 2.45) is 5.92 Å². The molecule has 1 aromatic rings. The molecule has 8 heteroatoms. The fourth-order valence-corrected chi connectivity index (χ4v) is 6.40. The Kier molecular flexibility index (Phi) is 8.13. The van der Waals surface area contributed by atoms with Gasteiger partial charge in [-0.1, -0.05) is 6.92 Å². The van der Waals surface area contributed by atoms with Crippen molar-refractivity contribution in [2.75, 3.05) is 84.1 Å². The number of benzene rings is 1. The van der Waals surface area contributed by atoms with Gasteiger partial charge in [-0.05, 0) is 55.9 Å². The normalized spacial score (nSPS) is 27.8. The van der Waals surface area contributed by atoms with E-state index >= 15 is 0 Å². The summed E-state index contributed by atoms with van der Waals surface area (Å²) in [4.78, 5) is 37.2. The van der Waals surface area contributed by atoms with E-state index in [9.17, 15) is 9.59 Å². The summed E-state index contributed by atoms with van der Waals surface area (Å²) in [6, 6.07) is 8.98. The molecule has 1 saturated carbocycles. The molecule has 5 rings (SSSR count). The molecular formula is C28H43N5O3. The third kappa shape index (κ3) is 5.55. The summed E-state index contributed by atoms with van der Waals surface area (Å²) in [5, 5.41) is 0. The highest BCUT2D eigenvalue weighted by Gasteiger charge is 2.35. The molecule has 1 aromatic carbocycles. The van der Waals surface area contributed by atoms with Crippen LogP contribution in [-0.4, -0.2) is 123 Å². The van der Waals surface area contributed by atoms with Crippen LogP contribution in [0.5, 0.6) is 0 Å². The van der Waals surface area contributed by atoms with Crippen molar-refractivity contribution in [3.8, 4) is 0 Å². The number of carbonyl (C=O) groups is 2. The Morgan fingerprint density at radius 2 is 1.61 bits per heavy atom. The number of hydrogen-bond donors (Lipinski definition) is 0. The first-order valence-electron chi connectivity index (χ1n) is 13.9. The van der Waals surface area contributed by atoms with Gasteiger partial charge in [-0.3, -0.25) is 19.4 Å². The van der Waals surface area contributed by atoms with Gasteiger partial charge in [0.1, 0.15) is 0 Å². The number of ether oxygens (including phenoxy) is 1. The third-order valence-corrected chi connectivity index (χ3v) is 8.92. The molecule has 0 N–H and O–H groups in total. The van der Waals surface area contributed by atoms with E-state index in [0.29, 0.717) is 13.2 Å². The molecule has 0 aromatic heterocycles. The Labute approximate surface area is 216 Å². The van der Waals surface area contributed by atoms with Crippen LogP contribution >= 0.6 is 0 Å². The highest BCUT2D eigenvalue weighted by atomic mass is 16.5. The van der Waals surface area contributed by atoms with E-state index in [2.05, 4.69) is 38.7 Å². The van der Waals surface area contributed by atoms with Crippen molar-refractivity contribution >= 4 is 17.5 Å². The van der Waals surface area contributed by atoms with Gasteiger partial charge < -0.3 is 19.4 Å². The molecule has 4 fully saturated rings. The Bertz CT molecular complexity index is 893. The number of likely N-dealkylation sites (tertiary alicyclic amines) is 1. The topological polar surface area (TPSA) is 59.6 Å². The van der Waals surface area contributed by atoms with Crippen molar-refractivity contribution < 1.29 is 14.3 Å².